The molecule has 1 aromatic heterocycles. The summed E-state index contributed by atoms with van der Waals surface area (Å²) in [6.07, 6.45) is 7.64. The summed E-state index contributed by atoms with van der Waals surface area (Å²) in [7, 11) is 0. The third-order valence-corrected chi connectivity index (χ3v) is 4.36. The number of nitrogens with zero attached hydrogens (tertiary/aromatic N) is 2. The number of hydrogen-bond donors (Lipinski definition) is 1. The second kappa shape index (κ2) is 5.60. The normalized spacial score (nSPS) is 18.9. The van der Waals surface area contributed by atoms with Crippen molar-refractivity contribution in [1.29, 1.82) is 0 Å². The van der Waals surface area contributed by atoms with Gasteiger partial charge in [-0.1, -0.05) is 0 Å². The van der Waals surface area contributed by atoms with Crippen LogP contribution in [0.2, 0.25) is 0 Å². The Kier molecular flexibility index (Phi) is 3.96. The average Bonchev–Trinajstić information content (AvgIpc) is 3.25. The van der Waals surface area contributed by atoms with Gasteiger partial charge in [-0.2, -0.15) is 0 Å². The Morgan fingerprint density at radius 3 is 2.52 bits per heavy atom. The third-order valence-electron chi connectivity index (χ3n) is 4.36. The van der Waals surface area contributed by atoms with Gasteiger partial charge in [0.25, 0.3) is 0 Å². The largest absolute Gasteiger partial charge is 0.368 e. The van der Waals surface area contributed by atoms with Gasteiger partial charge in [-0.25, -0.2) is 0 Å². The fraction of sp³-hybridized carbons (Fsp3) is 0.722. The molecule has 3 nitrogen and oxygen atoms in total. The minimum Gasteiger partial charge on any atom is -0.368 e. The molecule has 3 heteroatoms. The highest BCUT2D eigenvalue weighted by molar-refractivity contribution is 5.55. The Morgan fingerprint density at radius 1 is 1.24 bits per heavy atom. The molecule has 1 N–H and O–H groups in total. The molecule has 1 aromatic rings. The van der Waals surface area contributed by atoms with Crippen molar-refractivity contribution in [2.75, 3.05) is 11.4 Å². The zero-order chi connectivity index (χ0) is 15.0. The third kappa shape index (κ3) is 4.19. The minimum atomic E-state index is 0.142. The second-order valence-electron chi connectivity index (χ2n) is 7.88. The van der Waals surface area contributed by atoms with Crippen molar-refractivity contribution in [1.82, 2.24) is 10.3 Å². The van der Waals surface area contributed by atoms with Crippen LogP contribution in [-0.2, 0) is 6.54 Å². The molecule has 3 rings (SSSR count). The van der Waals surface area contributed by atoms with E-state index in [1.165, 1.54) is 43.5 Å². The van der Waals surface area contributed by atoms with E-state index in [0.717, 1.165) is 24.2 Å². The Morgan fingerprint density at radius 2 is 1.95 bits per heavy atom. The monoisotopic (exact) mass is 287 g/mol. The molecule has 2 aliphatic carbocycles. The molecule has 0 unspecified atom stereocenters. The first-order valence-corrected chi connectivity index (χ1v) is 8.39. The van der Waals surface area contributed by atoms with Crippen LogP contribution >= 0.6 is 0 Å². The number of hydrogen-bond acceptors (Lipinski definition) is 3. The summed E-state index contributed by atoms with van der Waals surface area (Å²) in [5.74, 6) is 0.933. The first-order valence-electron chi connectivity index (χ1n) is 8.39. The standard InChI is InChI=1S/C18H29N3/c1-13-9-17(15(10-19-13)11-20-18(2,3)4)21(16-7-8-16)12-14-5-6-14/h9-10,14,16,20H,5-8,11-12H2,1-4H3. The molecular weight excluding hydrogens is 258 g/mol. The van der Waals surface area contributed by atoms with Crippen LogP contribution in [0.5, 0.6) is 0 Å². The topological polar surface area (TPSA) is 28.2 Å². The van der Waals surface area contributed by atoms with Gasteiger partial charge in [-0.15, -0.1) is 0 Å². The van der Waals surface area contributed by atoms with Crippen molar-refractivity contribution < 1.29 is 0 Å². The number of aromatic nitrogens is 1. The molecule has 1 heterocycles. The lowest BCUT2D eigenvalue weighted by molar-refractivity contribution is 0.424. The summed E-state index contributed by atoms with van der Waals surface area (Å²) in [5.41, 5.74) is 4.05. The highest BCUT2D eigenvalue weighted by atomic mass is 15.2. The highest BCUT2D eigenvalue weighted by Gasteiger charge is 2.34. The molecule has 21 heavy (non-hydrogen) atoms. The second-order valence-corrected chi connectivity index (χ2v) is 7.88. The summed E-state index contributed by atoms with van der Waals surface area (Å²) in [4.78, 5) is 7.20. The van der Waals surface area contributed by atoms with Gasteiger partial charge >= 0.3 is 0 Å². The lowest BCUT2D eigenvalue weighted by Gasteiger charge is -2.29. The van der Waals surface area contributed by atoms with E-state index in [2.05, 4.69) is 55.2 Å². The van der Waals surface area contributed by atoms with Gasteiger partial charge in [-0.05, 0) is 65.4 Å². The van der Waals surface area contributed by atoms with Crippen LogP contribution in [0, 0.1) is 12.8 Å². The van der Waals surface area contributed by atoms with E-state index in [9.17, 15) is 0 Å². The molecule has 2 saturated carbocycles. The molecule has 0 radical (unpaired) electrons. The molecule has 0 aromatic carbocycles. The Bertz CT molecular complexity index is 496. The maximum absolute atomic E-state index is 4.53. The zero-order valence-corrected chi connectivity index (χ0v) is 13.9. The zero-order valence-electron chi connectivity index (χ0n) is 13.9. The quantitative estimate of drug-likeness (QED) is 0.865. The van der Waals surface area contributed by atoms with E-state index in [1.54, 1.807) is 0 Å². The van der Waals surface area contributed by atoms with Crippen molar-refractivity contribution >= 4 is 5.69 Å². The van der Waals surface area contributed by atoms with Crippen LogP contribution in [-0.4, -0.2) is 23.1 Å². The lowest BCUT2D eigenvalue weighted by Crippen LogP contribution is -2.36. The van der Waals surface area contributed by atoms with Crippen molar-refractivity contribution in [2.45, 2.75) is 71.5 Å². The van der Waals surface area contributed by atoms with Gasteiger partial charge < -0.3 is 10.2 Å². The lowest BCUT2D eigenvalue weighted by atomic mass is 10.1. The smallest absolute Gasteiger partial charge is 0.0448 e. The van der Waals surface area contributed by atoms with Gasteiger partial charge in [0.15, 0.2) is 0 Å². The number of rotatable bonds is 6. The minimum absolute atomic E-state index is 0.142. The number of aryl methyl sites for hydroxylation is 1. The van der Waals surface area contributed by atoms with E-state index in [4.69, 9.17) is 0 Å². The number of pyridine rings is 1. The molecule has 0 bridgehead atoms. The molecule has 116 valence electrons. The first kappa shape index (κ1) is 14.8. The predicted molar refractivity (Wildman–Crippen MR) is 88.7 cm³/mol. The van der Waals surface area contributed by atoms with Gasteiger partial charge in [0.05, 0.1) is 0 Å². The summed E-state index contributed by atoms with van der Waals surface area (Å²) in [5, 5.41) is 3.61. The molecule has 0 spiro atoms. The van der Waals surface area contributed by atoms with Gasteiger partial charge in [0.1, 0.15) is 0 Å². The fourth-order valence-corrected chi connectivity index (χ4v) is 2.75. The Labute approximate surface area is 129 Å². The molecule has 2 fully saturated rings. The predicted octanol–water partition coefficient (Wildman–Crippen LogP) is 3.66. The highest BCUT2D eigenvalue weighted by Crippen LogP contribution is 2.39. The molecule has 0 saturated heterocycles. The maximum atomic E-state index is 4.53. The van der Waals surface area contributed by atoms with Gasteiger partial charge in [0.2, 0.25) is 0 Å². The summed E-state index contributed by atoms with van der Waals surface area (Å²) in [6.45, 7) is 10.9. The molecule has 2 aliphatic rings. The van der Waals surface area contributed by atoms with E-state index in [1.807, 2.05) is 0 Å². The number of anilines is 1. The van der Waals surface area contributed by atoms with Crippen LogP contribution in [0.1, 0.15) is 57.7 Å². The van der Waals surface area contributed by atoms with Crippen molar-refractivity contribution in [3.8, 4) is 0 Å². The summed E-state index contributed by atoms with van der Waals surface area (Å²) >= 11 is 0. The Hall–Kier alpha value is -1.09. The molecular formula is C18H29N3. The van der Waals surface area contributed by atoms with Gasteiger partial charge in [0, 0.05) is 47.8 Å². The molecule has 0 amide bonds. The van der Waals surface area contributed by atoms with Crippen molar-refractivity contribution in [3.63, 3.8) is 0 Å². The number of nitrogens with one attached hydrogen (secondary N) is 1. The van der Waals surface area contributed by atoms with Crippen molar-refractivity contribution in [3.05, 3.63) is 23.5 Å². The van der Waals surface area contributed by atoms with Crippen LogP contribution in [0.4, 0.5) is 5.69 Å². The van der Waals surface area contributed by atoms with Crippen LogP contribution in [0.25, 0.3) is 0 Å². The Balaban J connectivity index is 1.81. The average molecular weight is 287 g/mol. The summed E-state index contributed by atoms with van der Waals surface area (Å²) in [6, 6.07) is 3.07. The summed E-state index contributed by atoms with van der Waals surface area (Å²) < 4.78 is 0. The molecule has 0 atom stereocenters. The SMILES string of the molecule is Cc1cc(N(CC2CC2)C2CC2)c(CNC(C)(C)C)cn1. The first-order chi connectivity index (χ1) is 9.92. The van der Waals surface area contributed by atoms with E-state index in [0.29, 0.717) is 0 Å². The van der Waals surface area contributed by atoms with Gasteiger partial charge in [-0.3, -0.25) is 4.98 Å². The van der Waals surface area contributed by atoms with E-state index >= 15 is 0 Å². The fourth-order valence-electron chi connectivity index (χ4n) is 2.75. The van der Waals surface area contributed by atoms with Crippen molar-refractivity contribution in [2.24, 2.45) is 5.92 Å². The van der Waals surface area contributed by atoms with Crippen LogP contribution < -0.4 is 10.2 Å². The maximum Gasteiger partial charge on any atom is 0.0448 e. The van der Waals surface area contributed by atoms with Crippen LogP contribution in [0.15, 0.2) is 12.3 Å². The van der Waals surface area contributed by atoms with E-state index in [-0.39, 0.29) is 5.54 Å². The van der Waals surface area contributed by atoms with E-state index < -0.39 is 0 Å². The molecule has 0 aliphatic heterocycles. The van der Waals surface area contributed by atoms with Crippen LogP contribution in [0.3, 0.4) is 0 Å².